The van der Waals surface area contributed by atoms with E-state index in [1.54, 1.807) is 11.9 Å². The highest BCUT2D eigenvalue weighted by Gasteiger charge is 2.52. The van der Waals surface area contributed by atoms with Gasteiger partial charge in [-0.25, -0.2) is 0 Å². The summed E-state index contributed by atoms with van der Waals surface area (Å²) in [5.41, 5.74) is -1.06. The Morgan fingerprint density at radius 3 is 2.52 bits per heavy atom. The topological polar surface area (TPSA) is 49.4 Å². The molecule has 3 rings (SSSR count). The van der Waals surface area contributed by atoms with Gasteiger partial charge >= 0.3 is 6.18 Å². The van der Waals surface area contributed by atoms with Crippen LogP contribution in [0.5, 0.6) is 0 Å². The first-order valence-corrected chi connectivity index (χ1v) is 8.45. The molecule has 136 valence electrons. The Hall–Kier alpha value is -2.05. The third kappa shape index (κ3) is 3.24. The van der Waals surface area contributed by atoms with Crippen molar-refractivity contribution in [1.82, 2.24) is 10.2 Å². The van der Waals surface area contributed by atoms with E-state index in [4.69, 9.17) is 0 Å². The summed E-state index contributed by atoms with van der Waals surface area (Å²) in [6.07, 6.45) is -0.717. The molecule has 25 heavy (non-hydrogen) atoms. The molecule has 0 radical (unpaired) electrons. The van der Waals surface area contributed by atoms with Crippen LogP contribution in [0.4, 0.5) is 13.2 Å². The molecule has 1 N–H and O–H groups in total. The van der Waals surface area contributed by atoms with Crippen molar-refractivity contribution >= 4 is 11.8 Å². The van der Waals surface area contributed by atoms with Gasteiger partial charge in [-0.2, -0.15) is 13.2 Å². The van der Waals surface area contributed by atoms with Crippen molar-refractivity contribution in [2.45, 2.75) is 31.9 Å². The second kappa shape index (κ2) is 6.35. The number of halogens is 3. The zero-order valence-electron chi connectivity index (χ0n) is 14.0. The third-order valence-electron chi connectivity index (χ3n) is 5.53. The maximum Gasteiger partial charge on any atom is 0.416 e. The van der Waals surface area contributed by atoms with Gasteiger partial charge in [0.1, 0.15) is 0 Å². The van der Waals surface area contributed by atoms with Crippen molar-refractivity contribution in [3.8, 4) is 0 Å². The van der Waals surface area contributed by atoms with Gasteiger partial charge in [-0.05, 0) is 31.0 Å². The fourth-order valence-corrected chi connectivity index (χ4v) is 4.26. The van der Waals surface area contributed by atoms with Crippen molar-refractivity contribution in [1.29, 1.82) is 0 Å². The molecule has 0 bridgehead atoms. The summed E-state index contributed by atoms with van der Waals surface area (Å²) >= 11 is 0. The monoisotopic (exact) mass is 354 g/mol. The number of hydrogen-bond donors (Lipinski definition) is 1. The smallest absolute Gasteiger partial charge is 0.359 e. The lowest BCUT2D eigenvalue weighted by Gasteiger charge is -2.28. The highest BCUT2D eigenvalue weighted by molar-refractivity contribution is 5.95. The van der Waals surface area contributed by atoms with Gasteiger partial charge in [-0.3, -0.25) is 9.59 Å². The minimum Gasteiger partial charge on any atom is -0.359 e. The van der Waals surface area contributed by atoms with E-state index in [0.29, 0.717) is 6.54 Å². The van der Waals surface area contributed by atoms with Crippen LogP contribution in [0.25, 0.3) is 0 Å². The molecule has 2 aliphatic rings. The molecule has 1 aliphatic heterocycles. The molecule has 1 atom stereocenters. The standard InChI is InChI=1S/C18H21F3N2O2/c1-22-15(24)14-10-23(11-17(14)7-2-3-8-17)16(25)12-5-4-6-13(9-12)18(19,20)21/h4-6,9,14H,2-3,7-8,10-11H2,1H3,(H,22,24). The lowest BCUT2D eigenvalue weighted by atomic mass is 9.76. The summed E-state index contributed by atoms with van der Waals surface area (Å²) < 4.78 is 38.7. The van der Waals surface area contributed by atoms with E-state index in [0.717, 1.165) is 37.8 Å². The lowest BCUT2D eigenvalue weighted by molar-refractivity contribution is -0.137. The Morgan fingerprint density at radius 1 is 1.24 bits per heavy atom. The predicted molar refractivity (Wildman–Crippen MR) is 85.8 cm³/mol. The van der Waals surface area contributed by atoms with Crippen LogP contribution < -0.4 is 5.32 Å². The van der Waals surface area contributed by atoms with E-state index < -0.39 is 17.6 Å². The lowest BCUT2D eigenvalue weighted by Crippen LogP contribution is -2.38. The molecule has 1 saturated heterocycles. The van der Waals surface area contributed by atoms with E-state index >= 15 is 0 Å². The van der Waals surface area contributed by atoms with Crippen LogP contribution in [0.3, 0.4) is 0 Å². The molecule has 1 aliphatic carbocycles. The fourth-order valence-electron chi connectivity index (χ4n) is 4.26. The molecular weight excluding hydrogens is 333 g/mol. The normalized spacial score (nSPS) is 22.4. The van der Waals surface area contributed by atoms with Crippen LogP contribution in [-0.2, 0) is 11.0 Å². The zero-order chi connectivity index (χ0) is 18.2. The van der Waals surface area contributed by atoms with Gasteiger partial charge in [0.2, 0.25) is 5.91 Å². The minimum atomic E-state index is -4.49. The van der Waals surface area contributed by atoms with Gasteiger partial charge in [-0.15, -0.1) is 0 Å². The van der Waals surface area contributed by atoms with Crippen LogP contribution in [0.2, 0.25) is 0 Å². The largest absolute Gasteiger partial charge is 0.416 e. The number of alkyl halides is 3. The maximum atomic E-state index is 12.9. The van der Waals surface area contributed by atoms with Crippen LogP contribution in [0.1, 0.15) is 41.6 Å². The number of nitrogens with zero attached hydrogens (tertiary/aromatic N) is 1. The fraction of sp³-hybridized carbons (Fsp3) is 0.556. The highest BCUT2D eigenvalue weighted by atomic mass is 19.4. The van der Waals surface area contributed by atoms with Crippen LogP contribution in [0, 0.1) is 11.3 Å². The average molecular weight is 354 g/mol. The molecule has 2 fully saturated rings. The molecule has 1 aromatic carbocycles. The van der Waals surface area contributed by atoms with Gasteiger partial charge in [0.15, 0.2) is 0 Å². The van der Waals surface area contributed by atoms with E-state index in [9.17, 15) is 22.8 Å². The summed E-state index contributed by atoms with van der Waals surface area (Å²) in [5.74, 6) is -0.834. The van der Waals surface area contributed by atoms with Gasteiger partial charge < -0.3 is 10.2 Å². The van der Waals surface area contributed by atoms with Crippen molar-refractivity contribution in [2.24, 2.45) is 11.3 Å². The third-order valence-corrected chi connectivity index (χ3v) is 5.53. The predicted octanol–water partition coefficient (Wildman–Crippen LogP) is 3.08. The van der Waals surface area contributed by atoms with Crippen molar-refractivity contribution < 1.29 is 22.8 Å². The molecule has 7 heteroatoms. The first kappa shape index (κ1) is 17.8. The number of rotatable bonds is 2. The first-order chi connectivity index (χ1) is 11.8. The van der Waals surface area contributed by atoms with Gasteiger partial charge in [0, 0.05) is 31.1 Å². The summed E-state index contributed by atoms with van der Waals surface area (Å²) in [6, 6.07) is 4.48. The Labute approximate surface area is 144 Å². The molecule has 1 unspecified atom stereocenters. The number of hydrogen-bond acceptors (Lipinski definition) is 2. The Balaban J connectivity index is 1.85. The van der Waals surface area contributed by atoms with E-state index in [2.05, 4.69) is 5.32 Å². The molecule has 1 saturated carbocycles. The van der Waals surface area contributed by atoms with Crippen molar-refractivity contribution in [3.63, 3.8) is 0 Å². The second-order valence-corrected chi connectivity index (χ2v) is 7.00. The molecule has 0 aromatic heterocycles. The van der Waals surface area contributed by atoms with E-state index in [1.165, 1.54) is 12.1 Å². The van der Waals surface area contributed by atoms with E-state index in [-0.39, 0.29) is 29.3 Å². The van der Waals surface area contributed by atoms with Crippen LogP contribution in [-0.4, -0.2) is 36.9 Å². The van der Waals surface area contributed by atoms with Gasteiger partial charge in [-0.1, -0.05) is 18.9 Å². The summed E-state index contributed by atoms with van der Waals surface area (Å²) in [5, 5.41) is 2.66. The molecule has 1 spiro atoms. The van der Waals surface area contributed by atoms with Crippen molar-refractivity contribution in [3.05, 3.63) is 35.4 Å². The molecule has 2 amide bonds. The number of carbonyl (C=O) groups is 2. The first-order valence-electron chi connectivity index (χ1n) is 8.45. The number of amides is 2. The highest BCUT2D eigenvalue weighted by Crippen LogP contribution is 2.49. The molecule has 1 aromatic rings. The van der Waals surface area contributed by atoms with Crippen molar-refractivity contribution in [2.75, 3.05) is 20.1 Å². The summed E-state index contributed by atoms with van der Waals surface area (Å²) in [6.45, 7) is 0.689. The van der Waals surface area contributed by atoms with Crippen LogP contribution in [0.15, 0.2) is 24.3 Å². The van der Waals surface area contributed by atoms with Gasteiger partial charge in [0.25, 0.3) is 5.91 Å². The van der Waals surface area contributed by atoms with Gasteiger partial charge in [0.05, 0.1) is 11.5 Å². The Kier molecular flexibility index (Phi) is 4.51. The Bertz CT molecular complexity index is 681. The average Bonchev–Trinajstić information content (AvgIpc) is 3.21. The number of likely N-dealkylation sites (tertiary alicyclic amines) is 1. The van der Waals surface area contributed by atoms with Crippen LogP contribution >= 0.6 is 0 Å². The molecular formula is C18H21F3N2O2. The molecule has 1 heterocycles. The summed E-state index contributed by atoms with van der Waals surface area (Å²) in [4.78, 5) is 26.6. The summed E-state index contributed by atoms with van der Waals surface area (Å²) in [7, 11) is 1.57. The quantitative estimate of drug-likeness (QED) is 0.887. The SMILES string of the molecule is CNC(=O)C1CN(C(=O)c2cccc(C(F)(F)F)c2)CC12CCCC2. The second-order valence-electron chi connectivity index (χ2n) is 7.00. The number of carbonyl (C=O) groups excluding carboxylic acids is 2. The van der Waals surface area contributed by atoms with E-state index in [1.807, 2.05) is 0 Å². The minimum absolute atomic E-state index is 0.0144. The maximum absolute atomic E-state index is 12.9. The number of nitrogens with one attached hydrogen (secondary N) is 1. The number of benzene rings is 1. The Morgan fingerprint density at radius 2 is 1.92 bits per heavy atom. The zero-order valence-corrected chi connectivity index (χ0v) is 14.0. The molecule has 4 nitrogen and oxygen atoms in total.